The van der Waals surface area contributed by atoms with Crippen LogP contribution in [0.5, 0.6) is 5.75 Å². The summed E-state index contributed by atoms with van der Waals surface area (Å²) in [5.41, 5.74) is 0.363. The fourth-order valence-electron chi connectivity index (χ4n) is 1.58. The Bertz CT molecular complexity index is 525. The number of halogens is 2. The highest BCUT2D eigenvalue weighted by Crippen LogP contribution is 2.31. The van der Waals surface area contributed by atoms with Gasteiger partial charge in [-0.05, 0) is 17.5 Å². The lowest BCUT2D eigenvalue weighted by molar-refractivity contribution is 0.476. The van der Waals surface area contributed by atoms with Gasteiger partial charge < -0.3 is 10.4 Å². The minimum absolute atomic E-state index is 0.0119. The largest absolute Gasteiger partial charge is 0.508 e. The molecule has 0 saturated heterocycles. The van der Waals surface area contributed by atoms with Gasteiger partial charge in [0.2, 0.25) is 0 Å². The van der Waals surface area contributed by atoms with Crippen molar-refractivity contribution in [1.82, 2.24) is 0 Å². The van der Waals surface area contributed by atoms with Gasteiger partial charge in [-0.1, -0.05) is 6.07 Å². The number of nitrogens with one attached hydrogen (secondary N) is 1. The van der Waals surface area contributed by atoms with Crippen molar-refractivity contribution in [2.24, 2.45) is 0 Å². The summed E-state index contributed by atoms with van der Waals surface area (Å²) in [4.78, 5) is 0. The second-order valence-corrected chi connectivity index (χ2v) is 3.20. The maximum Gasteiger partial charge on any atom is 0.168 e. The molecule has 0 aliphatic heterocycles. The molecule has 2 aromatic carbocycles. The summed E-state index contributed by atoms with van der Waals surface area (Å²) < 4.78 is 26.5. The molecule has 2 N–H and O–H groups in total. The molecule has 2 nitrogen and oxygen atoms in total. The predicted octanol–water partition coefficient (Wildman–Crippen LogP) is 2.87. The van der Waals surface area contributed by atoms with E-state index in [0.717, 1.165) is 6.07 Å². The molecule has 0 radical (unpaired) electrons. The second kappa shape index (κ2) is 3.38. The first-order valence-corrected chi connectivity index (χ1v) is 4.42. The smallest absolute Gasteiger partial charge is 0.168 e. The summed E-state index contributed by atoms with van der Waals surface area (Å²) in [6.45, 7) is 0. The number of anilines is 1. The summed E-state index contributed by atoms with van der Waals surface area (Å²) in [5.74, 6) is -1.79. The van der Waals surface area contributed by atoms with Crippen molar-refractivity contribution >= 4 is 16.5 Å². The zero-order chi connectivity index (χ0) is 11.0. The Labute approximate surface area is 85.2 Å². The van der Waals surface area contributed by atoms with Gasteiger partial charge in [-0.25, -0.2) is 8.78 Å². The Balaban J connectivity index is 2.91. The summed E-state index contributed by atoms with van der Waals surface area (Å²) in [5, 5.41) is 12.7. The monoisotopic (exact) mass is 209 g/mol. The average molecular weight is 209 g/mol. The average Bonchev–Trinajstić information content (AvgIpc) is 2.22. The van der Waals surface area contributed by atoms with E-state index in [1.165, 1.54) is 18.2 Å². The van der Waals surface area contributed by atoms with E-state index >= 15 is 0 Å². The van der Waals surface area contributed by atoms with Gasteiger partial charge in [0.25, 0.3) is 0 Å². The van der Waals surface area contributed by atoms with Gasteiger partial charge >= 0.3 is 0 Å². The number of phenolic OH excluding ortho intramolecular Hbond substituents is 1. The van der Waals surface area contributed by atoms with E-state index in [1.807, 2.05) is 0 Å². The van der Waals surface area contributed by atoms with Crippen molar-refractivity contribution in [3.63, 3.8) is 0 Å². The SMILES string of the molecule is CNc1cc(O)cc2ccc(F)c(F)c12. The Hall–Kier alpha value is -1.84. The van der Waals surface area contributed by atoms with E-state index in [-0.39, 0.29) is 11.1 Å². The Morgan fingerprint density at radius 1 is 1.20 bits per heavy atom. The highest BCUT2D eigenvalue weighted by atomic mass is 19.2. The zero-order valence-electron chi connectivity index (χ0n) is 8.01. The third-order valence-electron chi connectivity index (χ3n) is 2.26. The molecule has 15 heavy (non-hydrogen) atoms. The molecule has 0 heterocycles. The third kappa shape index (κ3) is 1.48. The summed E-state index contributed by atoms with van der Waals surface area (Å²) in [6.07, 6.45) is 0. The molecule has 0 spiro atoms. The van der Waals surface area contributed by atoms with Crippen LogP contribution in [0.3, 0.4) is 0 Å². The number of benzene rings is 2. The number of fused-ring (bicyclic) bond motifs is 1. The van der Waals surface area contributed by atoms with Crippen molar-refractivity contribution in [3.05, 3.63) is 35.9 Å². The molecule has 0 amide bonds. The molecule has 0 aliphatic carbocycles. The van der Waals surface area contributed by atoms with Crippen molar-refractivity contribution in [2.75, 3.05) is 12.4 Å². The fraction of sp³-hybridized carbons (Fsp3) is 0.0909. The van der Waals surface area contributed by atoms with Crippen molar-refractivity contribution < 1.29 is 13.9 Å². The Morgan fingerprint density at radius 3 is 2.60 bits per heavy atom. The van der Waals surface area contributed by atoms with E-state index < -0.39 is 11.6 Å². The summed E-state index contributed by atoms with van der Waals surface area (Å²) in [7, 11) is 1.58. The quantitative estimate of drug-likeness (QED) is 0.756. The van der Waals surface area contributed by atoms with Crippen LogP contribution in [-0.4, -0.2) is 12.2 Å². The fourth-order valence-corrected chi connectivity index (χ4v) is 1.58. The predicted molar refractivity (Wildman–Crippen MR) is 55.1 cm³/mol. The van der Waals surface area contributed by atoms with Crippen LogP contribution in [0.2, 0.25) is 0 Å². The first-order chi connectivity index (χ1) is 7.13. The van der Waals surface area contributed by atoms with Gasteiger partial charge in [0, 0.05) is 24.2 Å². The summed E-state index contributed by atoms with van der Waals surface area (Å²) in [6, 6.07) is 5.20. The molecular formula is C11H9F2NO. The third-order valence-corrected chi connectivity index (χ3v) is 2.26. The van der Waals surface area contributed by atoms with E-state index in [2.05, 4.69) is 5.32 Å². The molecule has 0 atom stereocenters. The van der Waals surface area contributed by atoms with Crippen molar-refractivity contribution in [1.29, 1.82) is 0 Å². The molecule has 0 unspecified atom stereocenters. The van der Waals surface area contributed by atoms with E-state index in [4.69, 9.17) is 0 Å². The maximum atomic E-state index is 13.5. The van der Waals surface area contributed by atoms with Gasteiger partial charge in [-0.2, -0.15) is 0 Å². The Morgan fingerprint density at radius 2 is 1.93 bits per heavy atom. The van der Waals surface area contributed by atoms with Crippen LogP contribution in [0.4, 0.5) is 14.5 Å². The van der Waals surface area contributed by atoms with Crippen LogP contribution in [-0.2, 0) is 0 Å². The Kier molecular flexibility index (Phi) is 2.19. The van der Waals surface area contributed by atoms with Crippen LogP contribution in [0.25, 0.3) is 10.8 Å². The molecule has 2 rings (SSSR count). The highest BCUT2D eigenvalue weighted by molar-refractivity contribution is 5.95. The number of aromatic hydroxyl groups is 1. The molecule has 0 saturated carbocycles. The van der Waals surface area contributed by atoms with Crippen LogP contribution >= 0.6 is 0 Å². The number of hydrogen-bond acceptors (Lipinski definition) is 2. The van der Waals surface area contributed by atoms with E-state index in [9.17, 15) is 13.9 Å². The van der Waals surface area contributed by atoms with Crippen molar-refractivity contribution in [3.8, 4) is 5.75 Å². The van der Waals surface area contributed by atoms with E-state index in [1.54, 1.807) is 7.05 Å². The zero-order valence-corrected chi connectivity index (χ0v) is 8.01. The van der Waals surface area contributed by atoms with Gasteiger partial charge in [-0.15, -0.1) is 0 Å². The molecule has 0 aromatic heterocycles. The summed E-state index contributed by atoms with van der Waals surface area (Å²) >= 11 is 0. The first kappa shape index (κ1) is 9.71. The molecule has 2 aromatic rings. The minimum atomic E-state index is -0.906. The normalized spacial score (nSPS) is 10.6. The lowest BCUT2D eigenvalue weighted by Gasteiger charge is -2.08. The van der Waals surface area contributed by atoms with Gasteiger partial charge in [0.15, 0.2) is 11.6 Å². The molecule has 78 valence electrons. The number of phenols is 1. The molecule has 4 heteroatoms. The van der Waals surface area contributed by atoms with Crippen molar-refractivity contribution in [2.45, 2.75) is 0 Å². The molecule has 0 fully saturated rings. The van der Waals surface area contributed by atoms with Crippen LogP contribution in [0.1, 0.15) is 0 Å². The van der Waals surface area contributed by atoms with Gasteiger partial charge in [0.1, 0.15) is 5.75 Å². The standard InChI is InChI=1S/C11H9F2NO/c1-14-9-5-7(15)4-6-2-3-8(12)11(13)10(6)9/h2-5,14-15H,1H3. The maximum absolute atomic E-state index is 13.5. The van der Waals surface area contributed by atoms with Crippen LogP contribution < -0.4 is 5.32 Å². The van der Waals surface area contributed by atoms with Crippen LogP contribution in [0, 0.1) is 11.6 Å². The topological polar surface area (TPSA) is 32.3 Å². The number of hydrogen-bond donors (Lipinski definition) is 2. The molecule has 0 aliphatic rings. The molecule has 0 bridgehead atoms. The second-order valence-electron chi connectivity index (χ2n) is 3.20. The number of rotatable bonds is 1. The highest BCUT2D eigenvalue weighted by Gasteiger charge is 2.11. The molecular weight excluding hydrogens is 200 g/mol. The first-order valence-electron chi connectivity index (χ1n) is 4.42. The van der Waals surface area contributed by atoms with E-state index in [0.29, 0.717) is 11.1 Å². The minimum Gasteiger partial charge on any atom is -0.508 e. The van der Waals surface area contributed by atoms with Gasteiger partial charge in [0.05, 0.1) is 0 Å². The van der Waals surface area contributed by atoms with Crippen LogP contribution in [0.15, 0.2) is 24.3 Å². The van der Waals surface area contributed by atoms with Gasteiger partial charge in [-0.3, -0.25) is 0 Å². The lowest BCUT2D eigenvalue weighted by atomic mass is 10.1. The lowest BCUT2D eigenvalue weighted by Crippen LogP contribution is -1.94.